The molecular weight excluding hydrogens is 258 g/mol. The molecule has 0 aliphatic carbocycles. The van der Waals surface area contributed by atoms with Crippen molar-refractivity contribution in [1.82, 2.24) is 20.4 Å². The Morgan fingerprint density at radius 1 is 1.50 bits per heavy atom. The summed E-state index contributed by atoms with van der Waals surface area (Å²) in [5, 5.41) is 7.30. The van der Waals surface area contributed by atoms with Crippen LogP contribution >= 0.6 is 0 Å². The SMILES string of the molecule is CC(C)c1nc(CN(CC(N)=O)C2CCNCC2)no1. The third-order valence-corrected chi connectivity index (χ3v) is 3.51. The summed E-state index contributed by atoms with van der Waals surface area (Å²) in [5.74, 6) is 1.13. The quantitative estimate of drug-likeness (QED) is 0.775. The van der Waals surface area contributed by atoms with E-state index in [2.05, 4.69) is 20.4 Å². The fourth-order valence-corrected chi connectivity index (χ4v) is 2.43. The van der Waals surface area contributed by atoms with Crippen molar-refractivity contribution in [3.8, 4) is 0 Å². The van der Waals surface area contributed by atoms with Crippen LogP contribution in [0.1, 0.15) is 44.3 Å². The molecule has 1 saturated heterocycles. The van der Waals surface area contributed by atoms with Gasteiger partial charge in [-0.05, 0) is 25.9 Å². The maximum atomic E-state index is 11.3. The maximum Gasteiger partial charge on any atom is 0.231 e. The van der Waals surface area contributed by atoms with Gasteiger partial charge in [-0.25, -0.2) is 0 Å². The Bertz CT molecular complexity index is 440. The molecule has 1 aromatic heterocycles. The number of piperidine rings is 1. The molecular formula is C13H23N5O2. The molecule has 7 heteroatoms. The lowest BCUT2D eigenvalue weighted by Gasteiger charge is -2.32. The number of amides is 1. The van der Waals surface area contributed by atoms with Gasteiger partial charge in [0.2, 0.25) is 11.8 Å². The van der Waals surface area contributed by atoms with Gasteiger partial charge in [-0.1, -0.05) is 19.0 Å². The number of carbonyl (C=O) groups is 1. The molecule has 0 aromatic carbocycles. The van der Waals surface area contributed by atoms with Crippen LogP contribution in [-0.4, -0.2) is 46.6 Å². The van der Waals surface area contributed by atoms with Crippen molar-refractivity contribution in [3.05, 3.63) is 11.7 Å². The molecule has 112 valence electrons. The van der Waals surface area contributed by atoms with Crippen LogP contribution in [0.5, 0.6) is 0 Å². The first-order valence-electron chi connectivity index (χ1n) is 7.12. The molecule has 0 unspecified atom stereocenters. The molecule has 1 fully saturated rings. The normalized spacial score (nSPS) is 17.0. The molecule has 0 radical (unpaired) electrons. The molecule has 0 saturated carbocycles. The third kappa shape index (κ3) is 4.01. The van der Waals surface area contributed by atoms with Gasteiger partial charge in [0, 0.05) is 12.0 Å². The van der Waals surface area contributed by atoms with Crippen LogP contribution in [0.3, 0.4) is 0 Å². The van der Waals surface area contributed by atoms with Gasteiger partial charge in [0.15, 0.2) is 5.82 Å². The van der Waals surface area contributed by atoms with Crippen molar-refractivity contribution >= 4 is 5.91 Å². The van der Waals surface area contributed by atoms with Gasteiger partial charge in [0.1, 0.15) is 0 Å². The van der Waals surface area contributed by atoms with Gasteiger partial charge >= 0.3 is 0 Å². The monoisotopic (exact) mass is 281 g/mol. The van der Waals surface area contributed by atoms with E-state index in [4.69, 9.17) is 10.3 Å². The van der Waals surface area contributed by atoms with E-state index in [1.807, 2.05) is 13.8 Å². The number of nitrogens with one attached hydrogen (secondary N) is 1. The molecule has 1 amide bonds. The van der Waals surface area contributed by atoms with Crippen molar-refractivity contribution in [1.29, 1.82) is 0 Å². The van der Waals surface area contributed by atoms with E-state index in [1.165, 1.54) is 0 Å². The van der Waals surface area contributed by atoms with Crippen LogP contribution in [0.4, 0.5) is 0 Å². The smallest absolute Gasteiger partial charge is 0.231 e. The Kier molecular flexibility index (Phi) is 5.08. The predicted molar refractivity (Wildman–Crippen MR) is 73.9 cm³/mol. The third-order valence-electron chi connectivity index (χ3n) is 3.51. The van der Waals surface area contributed by atoms with E-state index >= 15 is 0 Å². The van der Waals surface area contributed by atoms with Crippen molar-refractivity contribution < 1.29 is 9.32 Å². The fourth-order valence-electron chi connectivity index (χ4n) is 2.43. The minimum absolute atomic E-state index is 0.208. The highest BCUT2D eigenvalue weighted by atomic mass is 16.5. The van der Waals surface area contributed by atoms with Crippen molar-refractivity contribution in [2.45, 2.75) is 45.2 Å². The predicted octanol–water partition coefficient (Wildman–Crippen LogP) is 0.232. The molecule has 0 spiro atoms. The molecule has 1 aliphatic rings. The molecule has 20 heavy (non-hydrogen) atoms. The summed E-state index contributed by atoms with van der Waals surface area (Å²) in [5.41, 5.74) is 5.35. The summed E-state index contributed by atoms with van der Waals surface area (Å²) in [6.45, 7) is 6.67. The second kappa shape index (κ2) is 6.81. The van der Waals surface area contributed by atoms with E-state index in [-0.39, 0.29) is 18.4 Å². The van der Waals surface area contributed by atoms with Gasteiger partial charge in [-0.15, -0.1) is 0 Å². The lowest BCUT2D eigenvalue weighted by molar-refractivity contribution is -0.120. The zero-order valence-corrected chi connectivity index (χ0v) is 12.1. The zero-order chi connectivity index (χ0) is 14.5. The first kappa shape index (κ1) is 14.9. The maximum absolute atomic E-state index is 11.3. The van der Waals surface area contributed by atoms with E-state index < -0.39 is 0 Å². The van der Waals surface area contributed by atoms with Crippen LogP contribution in [0.25, 0.3) is 0 Å². The van der Waals surface area contributed by atoms with Gasteiger partial charge in [-0.3, -0.25) is 9.69 Å². The molecule has 0 bridgehead atoms. The lowest BCUT2D eigenvalue weighted by atomic mass is 10.0. The van der Waals surface area contributed by atoms with E-state index in [9.17, 15) is 4.79 Å². The van der Waals surface area contributed by atoms with Gasteiger partial charge < -0.3 is 15.6 Å². The fraction of sp³-hybridized carbons (Fsp3) is 0.769. The number of hydrogen-bond donors (Lipinski definition) is 2. The second-order valence-electron chi connectivity index (χ2n) is 5.56. The topological polar surface area (TPSA) is 97.3 Å². The Labute approximate surface area is 118 Å². The van der Waals surface area contributed by atoms with Crippen molar-refractivity contribution in [2.24, 2.45) is 5.73 Å². The number of primary amides is 1. The highest BCUT2D eigenvalue weighted by Gasteiger charge is 2.24. The highest BCUT2D eigenvalue weighted by Crippen LogP contribution is 2.16. The number of nitrogens with zero attached hydrogens (tertiary/aromatic N) is 3. The summed E-state index contributed by atoms with van der Waals surface area (Å²) in [6.07, 6.45) is 2.00. The Morgan fingerprint density at radius 2 is 2.20 bits per heavy atom. The number of carbonyl (C=O) groups excluding carboxylic acids is 1. The number of nitrogens with two attached hydrogens (primary N) is 1. The molecule has 2 rings (SSSR count). The number of rotatable bonds is 6. The van der Waals surface area contributed by atoms with Crippen LogP contribution in [-0.2, 0) is 11.3 Å². The average molecular weight is 281 g/mol. The minimum atomic E-state index is -0.323. The van der Waals surface area contributed by atoms with Crippen LogP contribution in [0.2, 0.25) is 0 Å². The standard InChI is InChI=1S/C13H23N5O2/c1-9(2)13-16-12(17-20-13)8-18(7-11(14)19)10-3-5-15-6-4-10/h9-10,15H,3-8H2,1-2H3,(H2,14,19). The van der Waals surface area contributed by atoms with Crippen LogP contribution in [0, 0.1) is 0 Å². The van der Waals surface area contributed by atoms with E-state index in [1.54, 1.807) is 0 Å². The van der Waals surface area contributed by atoms with E-state index in [0.29, 0.717) is 24.3 Å². The Hall–Kier alpha value is -1.47. The highest BCUT2D eigenvalue weighted by molar-refractivity contribution is 5.75. The van der Waals surface area contributed by atoms with Crippen molar-refractivity contribution in [2.75, 3.05) is 19.6 Å². The molecule has 3 N–H and O–H groups in total. The first-order chi connectivity index (χ1) is 9.56. The van der Waals surface area contributed by atoms with Crippen molar-refractivity contribution in [3.63, 3.8) is 0 Å². The summed E-state index contributed by atoms with van der Waals surface area (Å²) in [7, 11) is 0. The second-order valence-corrected chi connectivity index (χ2v) is 5.56. The number of hydrogen-bond acceptors (Lipinski definition) is 6. The molecule has 1 aliphatic heterocycles. The summed E-state index contributed by atoms with van der Waals surface area (Å²) >= 11 is 0. The Morgan fingerprint density at radius 3 is 2.75 bits per heavy atom. The molecule has 2 heterocycles. The molecule has 0 atom stereocenters. The average Bonchev–Trinajstić information content (AvgIpc) is 2.87. The lowest BCUT2D eigenvalue weighted by Crippen LogP contribution is -2.46. The minimum Gasteiger partial charge on any atom is -0.369 e. The summed E-state index contributed by atoms with van der Waals surface area (Å²) in [4.78, 5) is 17.7. The Balaban J connectivity index is 2.03. The van der Waals surface area contributed by atoms with Gasteiger partial charge in [0.05, 0.1) is 13.1 Å². The van der Waals surface area contributed by atoms with Gasteiger partial charge in [0.25, 0.3) is 0 Å². The van der Waals surface area contributed by atoms with Crippen LogP contribution < -0.4 is 11.1 Å². The van der Waals surface area contributed by atoms with E-state index in [0.717, 1.165) is 25.9 Å². The largest absolute Gasteiger partial charge is 0.369 e. The summed E-state index contributed by atoms with van der Waals surface area (Å²) < 4.78 is 5.20. The van der Waals surface area contributed by atoms with Crippen LogP contribution in [0.15, 0.2) is 4.52 Å². The first-order valence-corrected chi connectivity index (χ1v) is 7.12. The molecule has 1 aromatic rings. The summed E-state index contributed by atoms with van der Waals surface area (Å²) in [6, 6.07) is 0.338. The van der Waals surface area contributed by atoms with Gasteiger partial charge in [-0.2, -0.15) is 4.98 Å². The molecule has 7 nitrogen and oxygen atoms in total. The number of aromatic nitrogens is 2. The zero-order valence-electron chi connectivity index (χ0n) is 12.1.